The Hall–Kier alpha value is 0.430. The van der Waals surface area contributed by atoms with Crippen LogP contribution in [0.3, 0.4) is 0 Å². The number of rotatable bonds is 4. The smallest absolute Gasteiger partial charge is 0.159 e. The average molecular weight is 323 g/mol. The molecule has 0 amide bonds. The number of ether oxygens (including phenoxy) is 1. The van der Waals surface area contributed by atoms with E-state index in [1.54, 1.807) is 0 Å². The number of benzene rings is 1. The quantitative estimate of drug-likeness (QED) is 0.496. The normalized spacial score (nSPS) is 10.6. The molecule has 0 aromatic heterocycles. The van der Waals surface area contributed by atoms with Crippen LogP contribution >= 0.6 is 58.0 Å². The molecular weight excluding hydrogens is 315 g/mol. The van der Waals surface area contributed by atoms with E-state index in [0.717, 1.165) is 0 Å². The van der Waals surface area contributed by atoms with Gasteiger partial charge in [0.05, 0.1) is 21.7 Å². The Kier molecular flexibility index (Phi) is 5.78. The largest absolute Gasteiger partial charge is 0.490 e. The summed E-state index contributed by atoms with van der Waals surface area (Å²) in [6, 6.07) is 0. The van der Waals surface area contributed by atoms with E-state index in [1.807, 2.05) is 0 Å². The third-order valence-corrected chi connectivity index (χ3v) is 4.01. The van der Waals surface area contributed by atoms with Crippen LogP contribution in [0.5, 0.6) is 5.75 Å². The summed E-state index contributed by atoms with van der Waals surface area (Å²) in [5.74, 6) is 0.233. The molecule has 0 saturated heterocycles. The Balaban J connectivity index is 3.08. The van der Waals surface area contributed by atoms with Gasteiger partial charge in [0, 0.05) is 0 Å². The second-order valence-electron chi connectivity index (χ2n) is 2.89. The van der Waals surface area contributed by atoms with Gasteiger partial charge in [-0.05, 0) is 13.0 Å². The van der Waals surface area contributed by atoms with Gasteiger partial charge >= 0.3 is 0 Å². The minimum atomic E-state index is 0.115. The van der Waals surface area contributed by atoms with Crippen molar-refractivity contribution in [1.29, 1.82) is 0 Å². The monoisotopic (exact) mass is 321 g/mol. The fourth-order valence-corrected chi connectivity index (χ4v) is 2.20. The molecule has 0 aliphatic heterocycles. The van der Waals surface area contributed by atoms with Crippen molar-refractivity contribution >= 4 is 58.0 Å². The van der Waals surface area contributed by atoms with Crippen LogP contribution in [0.1, 0.15) is 6.42 Å². The van der Waals surface area contributed by atoms with Crippen molar-refractivity contribution in [2.24, 2.45) is 5.73 Å². The van der Waals surface area contributed by atoms with Crippen LogP contribution in [-0.4, -0.2) is 13.2 Å². The fourth-order valence-electron chi connectivity index (χ4n) is 0.969. The summed E-state index contributed by atoms with van der Waals surface area (Å²) >= 11 is 29.4. The third kappa shape index (κ3) is 3.00. The average Bonchev–Trinajstić information content (AvgIpc) is 2.28. The highest BCUT2D eigenvalue weighted by molar-refractivity contribution is 6.55. The van der Waals surface area contributed by atoms with Gasteiger partial charge in [0.25, 0.3) is 0 Å². The van der Waals surface area contributed by atoms with Gasteiger partial charge in [0.15, 0.2) is 5.75 Å². The first-order valence-electron chi connectivity index (χ1n) is 4.35. The molecule has 0 spiro atoms. The molecule has 0 unspecified atom stereocenters. The highest BCUT2D eigenvalue weighted by Gasteiger charge is 2.20. The lowest BCUT2D eigenvalue weighted by atomic mass is 10.3. The van der Waals surface area contributed by atoms with Crippen molar-refractivity contribution in [3.8, 4) is 5.75 Å². The first-order valence-corrected chi connectivity index (χ1v) is 6.24. The van der Waals surface area contributed by atoms with E-state index in [0.29, 0.717) is 19.6 Å². The van der Waals surface area contributed by atoms with Crippen molar-refractivity contribution in [3.63, 3.8) is 0 Å². The molecule has 0 heterocycles. The summed E-state index contributed by atoms with van der Waals surface area (Å²) in [6.45, 7) is 0.883. The van der Waals surface area contributed by atoms with E-state index in [1.165, 1.54) is 0 Å². The van der Waals surface area contributed by atoms with Gasteiger partial charge in [-0.3, -0.25) is 0 Å². The molecule has 0 fully saturated rings. The summed E-state index contributed by atoms with van der Waals surface area (Å²) in [5.41, 5.74) is 5.33. The summed E-state index contributed by atoms with van der Waals surface area (Å²) in [7, 11) is 0. The molecule has 1 aromatic rings. The van der Waals surface area contributed by atoms with E-state index in [4.69, 9.17) is 68.5 Å². The SMILES string of the molecule is NCCCOc1c(Cl)c(Cl)c(Cl)c(Cl)c1Cl. The highest BCUT2D eigenvalue weighted by atomic mass is 35.5. The molecule has 0 radical (unpaired) electrons. The van der Waals surface area contributed by atoms with Gasteiger partial charge in [-0.15, -0.1) is 0 Å². The molecule has 16 heavy (non-hydrogen) atoms. The van der Waals surface area contributed by atoms with Gasteiger partial charge in [0.2, 0.25) is 0 Å². The summed E-state index contributed by atoms with van der Waals surface area (Å²) in [5, 5.41) is 0.668. The summed E-state index contributed by atoms with van der Waals surface area (Å²) < 4.78 is 5.35. The lowest BCUT2D eigenvalue weighted by molar-refractivity contribution is 0.314. The Morgan fingerprint density at radius 1 is 0.812 bits per heavy atom. The molecule has 0 saturated carbocycles. The molecule has 1 aromatic carbocycles. The zero-order valence-corrected chi connectivity index (χ0v) is 11.8. The van der Waals surface area contributed by atoms with E-state index in [-0.39, 0.29) is 30.9 Å². The predicted molar refractivity (Wildman–Crippen MR) is 70.7 cm³/mol. The van der Waals surface area contributed by atoms with Crippen LogP contribution in [0.4, 0.5) is 0 Å². The maximum atomic E-state index is 5.94. The van der Waals surface area contributed by atoms with E-state index in [9.17, 15) is 0 Å². The number of halogens is 5. The Bertz CT molecular complexity index is 367. The molecule has 7 heteroatoms. The van der Waals surface area contributed by atoms with Crippen molar-refractivity contribution in [2.45, 2.75) is 6.42 Å². The first kappa shape index (κ1) is 14.5. The van der Waals surface area contributed by atoms with Gasteiger partial charge < -0.3 is 10.5 Å². The van der Waals surface area contributed by atoms with E-state index < -0.39 is 0 Å². The third-order valence-electron chi connectivity index (χ3n) is 1.76. The Morgan fingerprint density at radius 3 is 1.69 bits per heavy atom. The van der Waals surface area contributed by atoms with Crippen LogP contribution < -0.4 is 10.5 Å². The standard InChI is InChI=1S/C9H8Cl5NO/c10-4-5(11)7(13)9(8(14)6(4)12)16-3-1-2-15/h1-3,15H2. The number of nitrogens with two attached hydrogens (primary N) is 1. The van der Waals surface area contributed by atoms with Crippen molar-refractivity contribution in [2.75, 3.05) is 13.2 Å². The van der Waals surface area contributed by atoms with Gasteiger partial charge in [-0.25, -0.2) is 0 Å². The molecule has 0 atom stereocenters. The van der Waals surface area contributed by atoms with Gasteiger partial charge in [-0.2, -0.15) is 0 Å². The van der Waals surface area contributed by atoms with Gasteiger partial charge in [0.1, 0.15) is 10.0 Å². The molecule has 0 bridgehead atoms. The Labute approximate surface area is 118 Å². The lowest BCUT2D eigenvalue weighted by Crippen LogP contribution is -2.06. The van der Waals surface area contributed by atoms with E-state index >= 15 is 0 Å². The zero-order chi connectivity index (χ0) is 12.3. The summed E-state index contributed by atoms with van der Waals surface area (Å²) in [4.78, 5) is 0. The van der Waals surface area contributed by atoms with Crippen molar-refractivity contribution in [3.05, 3.63) is 25.1 Å². The van der Waals surface area contributed by atoms with Crippen LogP contribution in [0.15, 0.2) is 0 Å². The van der Waals surface area contributed by atoms with Crippen molar-refractivity contribution in [1.82, 2.24) is 0 Å². The summed E-state index contributed by atoms with van der Waals surface area (Å²) in [6.07, 6.45) is 0.671. The topological polar surface area (TPSA) is 35.2 Å². The zero-order valence-electron chi connectivity index (χ0n) is 8.00. The molecule has 2 N–H and O–H groups in total. The number of hydrogen-bond donors (Lipinski definition) is 1. The predicted octanol–water partition coefficient (Wildman–Crippen LogP) is 4.68. The molecular formula is C9H8Cl5NO. The molecule has 0 aliphatic carbocycles. The maximum Gasteiger partial charge on any atom is 0.159 e. The Morgan fingerprint density at radius 2 is 1.25 bits per heavy atom. The van der Waals surface area contributed by atoms with Crippen LogP contribution in [0.2, 0.25) is 25.1 Å². The molecule has 0 aliphatic rings. The minimum absolute atomic E-state index is 0.115. The highest BCUT2D eigenvalue weighted by Crippen LogP contribution is 2.48. The molecule has 90 valence electrons. The lowest BCUT2D eigenvalue weighted by Gasteiger charge is -2.13. The second-order valence-corrected chi connectivity index (χ2v) is 4.78. The van der Waals surface area contributed by atoms with E-state index in [2.05, 4.69) is 0 Å². The van der Waals surface area contributed by atoms with Crippen molar-refractivity contribution < 1.29 is 4.74 Å². The first-order chi connectivity index (χ1) is 7.50. The number of hydrogen-bond acceptors (Lipinski definition) is 2. The van der Waals surface area contributed by atoms with Gasteiger partial charge in [-0.1, -0.05) is 58.0 Å². The molecule has 2 nitrogen and oxygen atoms in total. The second kappa shape index (κ2) is 6.39. The van der Waals surface area contributed by atoms with Crippen LogP contribution in [-0.2, 0) is 0 Å². The molecule has 1 rings (SSSR count). The van der Waals surface area contributed by atoms with Crippen LogP contribution in [0, 0.1) is 0 Å². The maximum absolute atomic E-state index is 5.94. The fraction of sp³-hybridized carbons (Fsp3) is 0.333. The van der Waals surface area contributed by atoms with Crippen LogP contribution in [0.25, 0.3) is 0 Å². The minimum Gasteiger partial charge on any atom is -0.490 e.